The van der Waals surface area contributed by atoms with Gasteiger partial charge in [0.2, 0.25) is 5.91 Å². The number of Topliss-reactive ketones (excluding diaryl/α,β-unsaturated/α-hetero) is 1. The van der Waals surface area contributed by atoms with Crippen LogP contribution in [0.4, 0.5) is 5.69 Å². The Morgan fingerprint density at radius 3 is 2.40 bits per heavy atom. The molecule has 2 N–H and O–H groups in total. The molecule has 0 aliphatic heterocycles. The van der Waals surface area contributed by atoms with Crippen molar-refractivity contribution in [2.24, 2.45) is 0 Å². The number of carbonyl (C=O) groups is 4. The highest BCUT2D eigenvalue weighted by atomic mass is 35.5. The van der Waals surface area contributed by atoms with Gasteiger partial charge < -0.3 is 15.4 Å². The average molecular weight is 471 g/mol. The Bertz CT molecular complexity index is 898. The fraction of sp³-hybridized carbons (Fsp3) is 0.300. The van der Waals surface area contributed by atoms with Gasteiger partial charge in [-0.2, -0.15) is 0 Å². The lowest BCUT2D eigenvalue weighted by Crippen LogP contribution is -2.32. The Morgan fingerprint density at radius 1 is 1.07 bits per heavy atom. The van der Waals surface area contributed by atoms with Crippen molar-refractivity contribution in [3.8, 4) is 0 Å². The molecule has 0 spiro atoms. The Morgan fingerprint density at radius 2 is 1.77 bits per heavy atom. The zero-order valence-corrected chi connectivity index (χ0v) is 18.4. The van der Waals surface area contributed by atoms with E-state index in [1.165, 1.54) is 36.5 Å². The highest BCUT2D eigenvalue weighted by Crippen LogP contribution is 2.22. The number of carbonyl (C=O) groups excluding carboxylic acids is 4. The zero-order valence-electron chi connectivity index (χ0n) is 16.1. The molecule has 30 heavy (non-hydrogen) atoms. The van der Waals surface area contributed by atoms with Crippen LogP contribution in [0, 0.1) is 0 Å². The summed E-state index contributed by atoms with van der Waals surface area (Å²) in [6.45, 7) is 1.47. The normalized spacial score (nSPS) is 11.4. The molecule has 2 rings (SSSR count). The zero-order chi connectivity index (χ0) is 22.1. The lowest BCUT2D eigenvalue weighted by Gasteiger charge is -2.14. The van der Waals surface area contributed by atoms with E-state index in [1.807, 2.05) is 0 Å². The van der Waals surface area contributed by atoms with Gasteiger partial charge in [0.15, 0.2) is 11.9 Å². The van der Waals surface area contributed by atoms with Gasteiger partial charge in [-0.3, -0.25) is 19.2 Å². The Kier molecular flexibility index (Phi) is 9.29. The maximum Gasteiger partial charge on any atom is 0.308 e. The van der Waals surface area contributed by atoms with Gasteiger partial charge in [-0.15, -0.1) is 11.3 Å². The van der Waals surface area contributed by atoms with E-state index in [0.29, 0.717) is 20.6 Å². The van der Waals surface area contributed by atoms with Crippen LogP contribution in [-0.4, -0.2) is 36.2 Å². The van der Waals surface area contributed by atoms with Crippen molar-refractivity contribution in [2.45, 2.75) is 32.3 Å². The first-order chi connectivity index (χ1) is 14.2. The van der Waals surface area contributed by atoms with Gasteiger partial charge in [-0.05, 0) is 36.6 Å². The van der Waals surface area contributed by atoms with E-state index >= 15 is 0 Å². The summed E-state index contributed by atoms with van der Waals surface area (Å²) in [7, 11) is 0. The van der Waals surface area contributed by atoms with Gasteiger partial charge in [0.05, 0.1) is 11.3 Å². The summed E-state index contributed by atoms with van der Waals surface area (Å²) in [5, 5.41) is 7.62. The van der Waals surface area contributed by atoms with Gasteiger partial charge in [-0.1, -0.05) is 29.3 Å². The maximum absolute atomic E-state index is 12.1. The standard InChI is InChI=1S/C20H20Cl2N2O5S/c1-12(20(28)24-15-10-13(21)9-14(22)11-15)29-19(27)6-7-23-18(26)5-4-16(25)17-3-2-8-30-17/h2-3,8-12H,4-7H2,1H3,(H,23,26)(H,24,28). The molecule has 1 aromatic carbocycles. The van der Waals surface area contributed by atoms with Crippen LogP contribution in [-0.2, 0) is 19.1 Å². The van der Waals surface area contributed by atoms with Crippen LogP contribution in [0.2, 0.25) is 10.0 Å². The number of thiophene rings is 1. The Labute approximate surface area is 187 Å². The predicted octanol–water partition coefficient (Wildman–Crippen LogP) is 4.09. The number of anilines is 1. The second kappa shape index (κ2) is 11.7. The quantitative estimate of drug-likeness (QED) is 0.402. The minimum absolute atomic E-state index is 0.0345. The molecular formula is C20H20Cl2N2O5S. The van der Waals surface area contributed by atoms with Crippen LogP contribution in [0.15, 0.2) is 35.7 Å². The third kappa shape index (κ3) is 8.14. The van der Waals surface area contributed by atoms with Crippen molar-refractivity contribution >= 4 is 63.8 Å². The summed E-state index contributed by atoms with van der Waals surface area (Å²) >= 11 is 13.1. The van der Waals surface area contributed by atoms with Crippen molar-refractivity contribution in [2.75, 3.05) is 11.9 Å². The first-order valence-electron chi connectivity index (χ1n) is 9.04. The van der Waals surface area contributed by atoms with Crippen LogP contribution in [0.25, 0.3) is 0 Å². The van der Waals surface area contributed by atoms with E-state index < -0.39 is 18.0 Å². The number of benzene rings is 1. The molecule has 1 heterocycles. The SMILES string of the molecule is CC(OC(=O)CCNC(=O)CCC(=O)c1cccs1)C(=O)Nc1cc(Cl)cc(Cl)c1. The van der Waals surface area contributed by atoms with Crippen LogP contribution >= 0.6 is 34.5 Å². The Hall–Kier alpha value is -2.42. The van der Waals surface area contributed by atoms with Gasteiger partial charge in [0.25, 0.3) is 5.91 Å². The molecule has 10 heteroatoms. The summed E-state index contributed by atoms with van der Waals surface area (Å²) in [4.78, 5) is 48.2. The monoisotopic (exact) mass is 470 g/mol. The minimum Gasteiger partial charge on any atom is -0.452 e. The van der Waals surface area contributed by atoms with Gasteiger partial charge in [0.1, 0.15) is 0 Å². The van der Waals surface area contributed by atoms with Crippen molar-refractivity contribution in [1.82, 2.24) is 5.32 Å². The van der Waals surface area contributed by atoms with E-state index in [1.54, 1.807) is 17.5 Å². The number of nitrogens with one attached hydrogen (secondary N) is 2. The fourth-order valence-corrected chi connectivity index (χ4v) is 3.58. The summed E-state index contributed by atoms with van der Waals surface area (Å²) in [5.41, 5.74) is 0.379. The third-order valence-electron chi connectivity index (χ3n) is 3.83. The smallest absolute Gasteiger partial charge is 0.308 e. The van der Waals surface area contributed by atoms with E-state index in [-0.39, 0.29) is 37.5 Å². The molecule has 1 unspecified atom stereocenters. The van der Waals surface area contributed by atoms with Gasteiger partial charge in [0, 0.05) is 35.1 Å². The number of esters is 1. The predicted molar refractivity (Wildman–Crippen MR) is 116 cm³/mol. The molecule has 0 bridgehead atoms. The number of rotatable bonds is 10. The van der Waals surface area contributed by atoms with E-state index in [0.717, 1.165) is 0 Å². The first-order valence-corrected chi connectivity index (χ1v) is 10.7. The minimum atomic E-state index is -1.05. The Balaban J connectivity index is 1.66. The summed E-state index contributed by atoms with van der Waals surface area (Å²) in [6, 6.07) is 8.03. The molecule has 7 nitrogen and oxygen atoms in total. The molecule has 2 aromatic rings. The third-order valence-corrected chi connectivity index (χ3v) is 5.18. The summed E-state index contributed by atoms with van der Waals surface area (Å²) < 4.78 is 5.05. The molecule has 0 saturated heterocycles. The number of hydrogen-bond acceptors (Lipinski definition) is 6. The number of hydrogen-bond donors (Lipinski definition) is 2. The molecule has 160 valence electrons. The molecule has 2 amide bonds. The van der Waals surface area contributed by atoms with E-state index in [2.05, 4.69) is 10.6 Å². The molecule has 0 radical (unpaired) electrons. The van der Waals surface area contributed by atoms with E-state index in [4.69, 9.17) is 27.9 Å². The largest absolute Gasteiger partial charge is 0.452 e. The lowest BCUT2D eigenvalue weighted by atomic mass is 10.2. The first kappa shape index (κ1) is 23.9. The highest BCUT2D eigenvalue weighted by molar-refractivity contribution is 7.12. The summed E-state index contributed by atoms with van der Waals surface area (Å²) in [6.07, 6.45) is -1.02. The van der Waals surface area contributed by atoms with Crippen molar-refractivity contribution in [3.05, 3.63) is 50.6 Å². The van der Waals surface area contributed by atoms with Gasteiger partial charge >= 0.3 is 5.97 Å². The van der Waals surface area contributed by atoms with Gasteiger partial charge in [-0.25, -0.2) is 0 Å². The van der Waals surface area contributed by atoms with Crippen molar-refractivity contribution in [1.29, 1.82) is 0 Å². The molecule has 1 aromatic heterocycles. The van der Waals surface area contributed by atoms with Crippen LogP contribution in [0.3, 0.4) is 0 Å². The van der Waals surface area contributed by atoms with Crippen LogP contribution in [0.5, 0.6) is 0 Å². The molecule has 0 saturated carbocycles. The molecule has 1 atom stereocenters. The highest BCUT2D eigenvalue weighted by Gasteiger charge is 2.18. The van der Waals surface area contributed by atoms with Crippen molar-refractivity contribution < 1.29 is 23.9 Å². The molecule has 0 aliphatic rings. The lowest BCUT2D eigenvalue weighted by molar-refractivity contribution is -0.153. The molecular weight excluding hydrogens is 451 g/mol. The number of ketones is 1. The number of amides is 2. The van der Waals surface area contributed by atoms with Crippen LogP contribution in [0.1, 0.15) is 35.9 Å². The molecule has 0 fully saturated rings. The average Bonchev–Trinajstić information content (AvgIpc) is 3.20. The van der Waals surface area contributed by atoms with Crippen molar-refractivity contribution in [3.63, 3.8) is 0 Å². The second-order valence-corrected chi connectivity index (χ2v) is 8.10. The number of ether oxygens (including phenoxy) is 1. The van der Waals surface area contributed by atoms with Crippen LogP contribution < -0.4 is 10.6 Å². The molecule has 0 aliphatic carbocycles. The fourth-order valence-electron chi connectivity index (χ4n) is 2.36. The summed E-state index contributed by atoms with van der Waals surface area (Å²) in [5.74, 6) is -1.62. The second-order valence-electron chi connectivity index (χ2n) is 6.28. The van der Waals surface area contributed by atoms with E-state index in [9.17, 15) is 19.2 Å². The number of halogens is 2. The topological polar surface area (TPSA) is 102 Å². The maximum atomic E-state index is 12.1.